The van der Waals surface area contributed by atoms with Crippen molar-refractivity contribution in [3.05, 3.63) is 48.2 Å². The fraction of sp³-hybridized carbons (Fsp3) is 0.519. The van der Waals surface area contributed by atoms with E-state index in [1.165, 1.54) is 55.9 Å². The molecule has 0 spiro atoms. The van der Waals surface area contributed by atoms with Gasteiger partial charge in [0, 0.05) is 17.8 Å². The van der Waals surface area contributed by atoms with Crippen molar-refractivity contribution >= 4 is 17.7 Å². The average molecular weight is 479 g/mol. The highest BCUT2D eigenvalue weighted by Crippen LogP contribution is 2.33. The highest BCUT2D eigenvalue weighted by molar-refractivity contribution is 7.99. The Hall–Kier alpha value is -2.54. The molecule has 1 amide bonds. The van der Waals surface area contributed by atoms with Crippen molar-refractivity contribution in [2.45, 2.75) is 88.4 Å². The highest BCUT2D eigenvalue weighted by atomic mass is 32.2. The summed E-state index contributed by atoms with van der Waals surface area (Å²) in [5, 5.41) is 9.62. The topological polar surface area (TPSA) is 64.2 Å². The van der Waals surface area contributed by atoms with Gasteiger partial charge in [0.1, 0.15) is 0 Å². The van der Waals surface area contributed by atoms with E-state index in [9.17, 15) is 4.79 Å². The van der Waals surface area contributed by atoms with Gasteiger partial charge in [0.2, 0.25) is 11.7 Å². The first kappa shape index (κ1) is 23.2. The fourth-order valence-corrected chi connectivity index (χ4v) is 6.30. The summed E-state index contributed by atoms with van der Waals surface area (Å²) in [5.41, 5.74) is 2.16. The minimum atomic E-state index is 0.252. The molecule has 2 aliphatic carbocycles. The number of nitrogens with zero attached hydrogens (tertiary/aromatic N) is 4. The van der Waals surface area contributed by atoms with Crippen molar-refractivity contribution in [2.24, 2.45) is 0 Å². The quantitative estimate of drug-likeness (QED) is 0.367. The molecule has 0 bridgehead atoms. The van der Waals surface area contributed by atoms with Crippen LogP contribution >= 0.6 is 11.8 Å². The van der Waals surface area contributed by atoms with Crippen LogP contribution in [0.5, 0.6) is 0 Å². The lowest BCUT2D eigenvalue weighted by molar-refractivity contribution is -0.135. The molecule has 0 atom stereocenters. The third-order valence-electron chi connectivity index (χ3n) is 7.22. The number of carbonyl (C=O) groups excluding carboxylic acids is 1. The summed E-state index contributed by atoms with van der Waals surface area (Å²) in [4.78, 5) is 16.0. The van der Waals surface area contributed by atoms with Gasteiger partial charge in [0.05, 0.1) is 12.0 Å². The van der Waals surface area contributed by atoms with Crippen LogP contribution in [-0.2, 0) is 4.79 Å². The number of hydrogen-bond acceptors (Lipinski definition) is 5. The van der Waals surface area contributed by atoms with Crippen molar-refractivity contribution < 1.29 is 9.21 Å². The lowest BCUT2D eigenvalue weighted by atomic mass is 9.88. The molecule has 34 heavy (non-hydrogen) atoms. The molecule has 0 saturated heterocycles. The Kier molecular flexibility index (Phi) is 7.38. The van der Waals surface area contributed by atoms with Gasteiger partial charge < -0.3 is 9.32 Å². The monoisotopic (exact) mass is 478 g/mol. The van der Waals surface area contributed by atoms with E-state index in [4.69, 9.17) is 4.42 Å². The molecule has 5 rings (SSSR count). The van der Waals surface area contributed by atoms with Gasteiger partial charge in [-0.3, -0.25) is 9.36 Å². The second kappa shape index (κ2) is 10.8. The minimum absolute atomic E-state index is 0.252. The van der Waals surface area contributed by atoms with Crippen LogP contribution in [0.2, 0.25) is 0 Å². The molecular formula is C27H34N4O2S. The molecule has 7 heteroatoms. The van der Waals surface area contributed by atoms with Crippen LogP contribution in [0, 0.1) is 6.92 Å². The van der Waals surface area contributed by atoms with Gasteiger partial charge in [0.25, 0.3) is 0 Å². The Balaban J connectivity index is 1.39. The maximum atomic E-state index is 13.7. The number of amides is 1. The highest BCUT2D eigenvalue weighted by Gasteiger charge is 2.32. The van der Waals surface area contributed by atoms with Crippen molar-refractivity contribution in [2.75, 3.05) is 5.75 Å². The van der Waals surface area contributed by atoms with Gasteiger partial charge in [-0.15, -0.1) is 10.2 Å². The molecule has 180 valence electrons. The van der Waals surface area contributed by atoms with Crippen LogP contribution < -0.4 is 0 Å². The average Bonchev–Trinajstić information content (AvgIpc) is 3.55. The molecule has 2 aromatic heterocycles. The number of furan rings is 1. The molecule has 0 radical (unpaired) electrons. The third kappa shape index (κ3) is 5.09. The predicted molar refractivity (Wildman–Crippen MR) is 135 cm³/mol. The van der Waals surface area contributed by atoms with Crippen LogP contribution in [0.4, 0.5) is 0 Å². The number of carbonyl (C=O) groups is 1. The van der Waals surface area contributed by atoms with E-state index in [-0.39, 0.29) is 5.91 Å². The fourth-order valence-electron chi connectivity index (χ4n) is 5.48. The van der Waals surface area contributed by atoms with E-state index in [2.05, 4.69) is 46.3 Å². The number of benzene rings is 1. The standard InChI is InChI=1S/C27H34N4O2S/c1-20-14-16-23(17-15-20)31-26(24-13-8-18-33-24)28-29-27(31)34-19-25(32)30(21-9-4-2-5-10-21)22-11-6-3-7-12-22/h8,13-18,21-22H,2-7,9-12,19H2,1H3. The van der Waals surface area contributed by atoms with Crippen molar-refractivity contribution in [3.8, 4) is 17.3 Å². The Bertz CT molecular complexity index is 1050. The molecule has 0 aliphatic heterocycles. The Morgan fingerprint density at radius 1 is 0.971 bits per heavy atom. The maximum absolute atomic E-state index is 13.7. The first-order chi connectivity index (χ1) is 16.7. The summed E-state index contributed by atoms with van der Waals surface area (Å²) in [6.07, 6.45) is 13.8. The van der Waals surface area contributed by atoms with Crippen molar-refractivity contribution in [1.29, 1.82) is 0 Å². The largest absolute Gasteiger partial charge is 0.461 e. The molecule has 2 heterocycles. The van der Waals surface area contributed by atoms with E-state index >= 15 is 0 Å². The van der Waals surface area contributed by atoms with E-state index in [0.29, 0.717) is 29.4 Å². The molecule has 2 fully saturated rings. The van der Waals surface area contributed by atoms with Crippen LogP contribution in [0.3, 0.4) is 0 Å². The van der Waals surface area contributed by atoms with E-state index < -0.39 is 0 Å². The normalized spacial score (nSPS) is 17.7. The van der Waals surface area contributed by atoms with Gasteiger partial charge in [-0.1, -0.05) is 68.0 Å². The second-order valence-corrected chi connectivity index (χ2v) is 10.6. The van der Waals surface area contributed by atoms with Crippen LogP contribution in [-0.4, -0.2) is 43.4 Å². The van der Waals surface area contributed by atoms with Crippen LogP contribution in [0.1, 0.15) is 69.8 Å². The number of aromatic nitrogens is 3. The summed E-state index contributed by atoms with van der Waals surface area (Å²) < 4.78 is 7.64. The summed E-state index contributed by atoms with van der Waals surface area (Å²) in [7, 11) is 0. The van der Waals surface area contributed by atoms with Gasteiger partial charge in [-0.05, 0) is 56.9 Å². The summed E-state index contributed by atoms with van der Waals surface area (Å²) in [6, 6.07) is 12.8. The second-order valence-electron chi connectivity index (χ2n) is 9.63. The first-order valence-electron chi connectivity index (χ1n) is 12.7. The zero-order valence-corrected chi connectivity index (χ0v) is 20.8. The Morgan fingerprint density at radius 3 is 2.21 bits per heavy atom. The van der Waals surface area contributed by atoms with Gasteiger partial charge in [-0.25, -0.2) is 0 Å². The molecule has 0 unspecified atom stereocenters. The lowest BCUT2D eigenvalue weighted by Crippen LogP contribution is -2.49. The molecular weight excluding hydrogens is 444 g/mol. The number of hydrogen-bond donors (Lipinski definition) is 0. The van der Waals surface area contributed by atoms with Crippen molar-refractivity contribution in [3.63, 3.8) is 0 Å². The zero-order chi connectivity index (χ0) is 23.3. The lowest BCUT2D eigenvalue weighted by Gasteiger charge is -2.41. The molecule has 2 aliphatic rings. The van der Waals surface area contributed by atoms with E-state index in [1.807, 2.05) is 16.7 Å². The zero-order valence-electron chi connectivity index (χ0n) is 20.0. The molecule has 0 N–H and O–H groups in total. The summed E-state index contributed by atoms with van der Waals surface area (Å²) in [5.74, 6) is 1.95. The minimum Gasteiger partial charge on any atom is -0.461 e. The smallest absolute Gasteiger partial charge is 0.233 e. The van der Waals surface area contributed by atoms with Gasteiger partial charge in [0.15, 0.2) is 10.9 Å². The van der Waals surface area contributed by atoms with E-state index in [1.54, 1.807) is 6.26 Å². The number of rotatable bonds is 7. The van der Waals surface area contributed by atoms with Crippen LogP contribution in [0.15, 0.2) is 52.2 Å². The molecule has 3 aromatic rings. The first-order valence-corrected chi connectivity index (χ1v) is 13.7. The number of thioether (sulfide) groups is 1. The predicted octanol–water partition coefficient (Wildman–Crippen LogP) is 6.42. The van der Waals surface area contributed by atoms with Gasteiger partial charge >= 0.3 is 0 Å². The van der Waals surface area contributed by atoms with E-state index in [0.717, 1.165) is 36.5 Å². The molecule has 6 nitrogen and oxygen atoms in total. The van der Waals surface area contributed by atoms with Crippen LogP contribution in [0.25, 0.3) is 17.3 Å². The molecule has 2 saturated carbocycles. The molecule has 1 aromatic carbocycles. The maximum Gasteiger partial charge on any atom is 0.233 e. The van der Waals surface area contributed by atoms with Crippen molar-refractivity contribution in [1.82, 2.24) is 19.7 Å². The summed E-state index contributed by atoms with van der Waals surface area (Å²) >= 11 is 1.49. The SMILES string of the molecule is Cc1ccc(-n2c(SCC(=O)N(C3CCCCC3)C3CCCCC3)nnc2-c2ccco2)cc1. The Morgan fingerprint density at radius 2 is 1.62 bits per heavy atom. The summed E-state index contributed by atoms with van der Waals surface area (Å²) in [6.45, 7) is 2.07. The van der Waals surface area contributed by atoms with Gasteiger partial charge in [-0.2, -0.15) is 0 Å². The third-order valence-corrected chi connectivity index (χ3v) is 8.13. The Labute approximate surface area is 206 Å². The number of aryl methyl sites for hydroxylation is 1.